The Labute approximate surface area is 103 Å². The molecule has 0 aromatic carbocycles. The van der Waals surface area contributed by atoms with E-state index in [-0.39, 0.29) is 10.5 Å². The summed E-state index contributed by atoms with van der Waals surface area (Å²) in [6, 6.07) is 0. The van der Waals surface area contributed by atoms with Crippen LogP contribution in [0, 0.1) is 5.41 Å². The average molecular weight is 240 g/mol. The standard InChI is InChI=1S/C14H28OSi/c1-13(2,3)11-9-10-12-15-16(7,8)14(4,5)6/h9-12H,1-8H3/b11-9+,12-10-. The highest BCUT2D eigenvalue weighted by Gasteiger charge is 2.37. The lowest BCUT2D eigenvalue weighted by molar-refractivity contribution is 0.430. The van der Waals surface area contributed by atoms with Crippen LogP contribution in [0.5, 0.6) is 0 Å². The summed E-state index contributed by atoms with van der Waals surface area (Å²) in [5.74, 6) is 0. The second kappa shape index (κ2) is 5.22. The molecule has 0 aliphatic carbocycles. The number of hydrogen-bond donors (Lipinski definition) is 0. The molecule has 0 aliphatic rings. The van der Waals surface area contributed by atoms with E-state index >= 15 is 0 Å². The number of hydrogen-bond acceptors (Lipinski definition) is 1. The summed E-state index contributed by atoms with van der Waals surface area (Å²) in [5.41, 5.74) is 0.237. The molecule has 0 saturated heterocycles. The van der Waals surface area contributed by atoms with Gasteiger partial charge >= 0.3 is 0 Å². The fraction of sp³-hybridized carbons (Fsp3) is 0.714. The highest BCUT2D eigenvalue weighted by molar-refractivity contribution is 6.74. The molecule has 0 amide bonds. The van der Waals surface area contributed by atoms with E-state index in [0.717, 1.165) is 0 Å². The second-order valence-corrected chi connectivity index (χ2v) is 11.7. The van der Waals surface area contributed by atoms with Crippen molar-refractivity contribution in [2.24, 2.45) is 5.41 Å². The van der Waals surface area contributed by atoms with Gasteiger partial charge in [0.25, 0.3) is 0 Å². The highest BCUT2D eigenvalue weighted by atomic mass is 28.4. The molecular formula is C14H28OSi. The first-order valence-electron chi connectivity index (χ1n) is 5.98. The van der Waals surface area contributed by atoms with Crippen LogP contribution in [0.3, 0.4) is 0 Å². The number of allylic oxidation sites excluding steroid dienone is 3. The number of rotatable bonds is 3. The van der Waals surface area contributed by atoms with Crippen LogP contribution in [0.15, 0.2) is 24.5 Å². The molecule has 94 valence electrons. The van der Waals surface area contributed by atoms with Gasteiger partial charge in [-0.1, -0.05) is 53.7 Å². The van der Waals surface area contributed by atoms with E-state index in [0.29, 0.717) is 0 Å². The van der Waals surface area contributed by atoms with Crippen molar-refractivity contribution in [1.82, 2.24) is 0 Å². The van der Waals surface area contributed by atoms with Gasteiger partial charge in [0.05, 0.1) is 6.26 Å². The van der Waals surface area contributed by atoms with E-state index in [2.05, 4.69) is 66.8 Å². The minimum absolute atomic E-state index is 0.237. The lowest BCUT2D eigenvalue weighted by Crippen LogP contribution is -2.39. The Morgan fingerprint density at radius 2 is 1.38 bits per heavy atom. The maximum absolute atomic E-state index is 5.92. The van der Waals surface area contributed by atoms with Crippen molar-refractivity contribution in [3.05, 3.63) is 24.5 Å². The molecule has 16 heavy (non-hydrogen) atoms. The monoisotopic (exact) mass is 240 g/mol. The smallest absolute Gasteiger partial charge is 0.249 e. The second-order valence-electron chi connectivity index (χ2n) is 6.93. The van der Waals surface area contributed by atoms with Crippen LogP contribution in [-0.4, -0.2) is 8.32 Å². The first-order chi connectivity index (χ1) is 6.96. The predicted octanol–water partition coefficient (Wildman–Crippen LogP) is 5.12. The van der Waals surface area contributed by atoms with Gasteiger partial charge in [0.1, 0.15) is 0 Å². The lowest BCUT2D eigenvalue weighted by Gasteiger charge is -2.34. The Morgan fingerprint density at radius 1 is 0.875 bits per heavy atom. The Hall–Kier alpha value is -0.503. The van der Waals surface area contributed by atoms with Crippen LogP contribution in [0.25, 0.3) is 0 Å². The van der Waals surface area contributed by atoms with E-state index in [9.17, 15) is 0 Å². The zero-order valence-corrected chi connectivity index (χ0v) is 13.2. The summed E-state index contributed by atoms with van der Waals surface area (Å²) < 4.78 is 5.92. The summed E-state index contributed by atoms with van der Waals surface area (Å²) >= 11 is 0. The lowest BCUT2D eigenvalue weighted by atomic mass is 9.96. The Kier molecular flexibility index (Phi) is 5.05. The summed E-state index contributed by atoms with van der Waals surface area (Å²) in [5, 5.41) is 0.269. The Morgan fingerprint density at radius 3 is 1.75 bits per heavy atom. The molecule has 0 fully saturated rings. The molecule has 1 nitrogen and oxygen atoms in total. The van der Waals surface area contributed by atoms with Crippen LogP contribution < -0.4 is 0 Å². The first kappa shape index (κ1) is 15.5. The SMILES string of the molecule is CC(C)(C)/C=C/C=C\O[Si](C)(C)C(C)(C)C. The van der Waals surface area contributed by atoms with Gasteiger partial charge in [-0.15, -0.1) is 0 Å². The molecule has 0 heterocycles. The third kappa shape index (κ3) is 6.16. The zero-order chi connectivity index (χ0) is 13.0. The minimum Gasteiger partial charge on any atom is -0.549 e. The molecular weight excluding hydrogens is 212 g/mol. The van der Waals surface area contributed by atoms with Crippen molar-refractivity contribution in [3.63, 3.8) is 0 Å². The molecule has 0 N–H and O–H groups in total. The molecule has 0 radical (unpaired) electrons. The highest BCUT2D eigenvalue weighted by Crippen LogP contribution is 2.36. The Balaban J connectivity index is 4.27. The van der Waals surface area contributed by atoms with Crippen molar-refractivity contribution >= 4 is 8.32 Å². The summed E-state index contributed by atoms with van der Waals surface area (Å²) in [6.07, 6.45) is 8.08. The van der Waals surface area contributed by atoms with Crippen LogP contribution >= 0.6 is 0 Å². The van der Waals surface area contributed by atoms with Crippen molar-refractivity contribution in [2.45, 2.75) is 59.7 Å². The van der Waals surface area contributed by atoms with Gasteiger partial charge in [0.2, 0.25) is 8.32 Å². The first-order valence-corrected chi connectivity index (χ1v) is 8.89. The third-order valence-electron chi connectivity index (χ3n) is 2.95. The van der Waals surface area contributed by atoms with Gasteiger partial charge in [-0.05, 0) is 29.6 Å². The summed E-state index contributed by atoms with van der Waals surface area (Å²) in [4.78, 5) is 0. The van der Waals surface area contributed by atoms with Crippen molar-refractivity contribution in [1.29, 1.82) is 0 Å². The molecule has 0 atom stereocenters. The van der Waals surface area contributed by atoms with E-state index in [1.807, 2.05) is 12.3 Å². The van der Waals surface area contributed by atoms with Crippen LogP contribution in [0.4, 0.5) is 0 Å². The molecule has 0 unspecified atom stereocenters. The maximum Gasteiger partial charge on any atom is 0.249 e. The largest absolute Gasteiger partial charge is 0.549 e. The molecule has 0 aromatic heterocycles. The normalized spacial score (nSPS) is 15.0. The molecule has 0 spiro atoms. The fourth-order valence-corrected chi connectivity index (χ4v) is 1.55. The van der Waals surface area contributed by atoms with E-state index in [1.165, 1.54) is 0 Å². The summed E-state index contributed by atoms with van der Waals surface area (Å²) in [6.45, 7) is 17.8. The van der Waals surface area contributed by atoms with E-state index in [4.69, 9.17) is 4.43 Å². The van der Waals surface area contributed by atoms with Gasteiger partial charge in [0.15, 0.2) is 0 Å². The van der Waals surface area contributed by atoms with Crippen LogP contribution in [0.1, 0.15) is 41.5 Å². The summed E-state index contributed by atoms with van der Waals surface area (Å²) in [7, 11) is -1.62. The van der Waals surface area contributed by atoms with E-state index in [1.54, 1.807) is 0 Å². The van der Waals surface area contributed by atoms with Crippen LogP contribution in [-0.2, 0) is 4.43 Å². The topological polar surface area (TPSA) is 9.23 Å². The predicted molar refractivity (Wildman–Crippen MR) is 76.0 cm³/mol. The van der Waals surface area contributed by atoms with Gasteiger partial charge < -0.3 is 4.43 Å². The van der Waals surface area contributed by atoms with Gasteiger partial charge in [0, 0.05) is 0 Å². The van der Waals surface area contributed by atoms with Crippen LogP contribution in [0.2, 0.25) is 18.1 Å². The molecule has 0 rings (SSSR count). The molecule has 0 aromatic rings. The molecule has 0 bridgehead atoms. The van der Waals surface area contributed by atoms with Gasteiger partial charge in [-0.25, -0.2) is 0 Å². The molecule has 0 aliphatic heterocycles. The molecule has 2 heteroatoms. The minimum atomic E-state index is -1.62. The van der Waals surface area contributed by atoms with Crippen molar-refractivity contribution in [2.75, 3.05) is 0 Å². The van der Waals surface area contributed by atoms with Gasteiger partial charge in [-0.2, -0.15) is 0 Å². The quantitative estimate of drug-likeness (QED) is 0.378. The van der Waals surface area contributed by atoms with Gasteiger partial charge in [-0.3, -0.25) is 0 Å². The van der Waals surface area contributed by atoms with Crippen molar-refractivity contribution in [3.8, 4) is 0 Å². The average Bonchev–Trinajstić information content (AvgIpc) is 1.98. The fourth-order valence-electron chi connectivity index (χ4n) is 0.776. The molecule has 0 saturated carbocycles. The maximum atomic E-state index is 5.92. The third-order valence-corrected chi connectivity index (χ3v) is 7.29. The Bertz CT molecular complexity index is 261. The van der Waals surface area contributed by atoms with E-state index < -0.39 is 8.32 Å². The zero-order valence-electron chi connectivity index (χ0n) is 12.2. The van der Waals surface area contributed by atoms with Crippen molar-refractivity contribution < 1.29 is 4.43 Å².